The minimum absolute atomic E-state index is 0.251. The molecule has 72 valence electrons. The summed E-state index contributed by atoms with van der Waals surface area (Å²) in [6.07, 6.45) is 0. The van der Waals surface area contributed by atoms with E-state index in [9.17, 15) is 14.4 Å². The van der Waals surface area contributed by atoms with Crippen molar-refractivity contribution >= 4 is 17.8 Å². The number of carbonyl (C=O) groups excluding carboxylic acids is 3. The first-order valence-electron chi connectivity index (χ1n) is 4.04. The molecule has 3 N–H and O–H groups in total. The fraction of sp³-hybridized carbons (Fsp3) is 0.571. The largest absolute Gasteiger partial charge is 0.421 e. The maximum absolute atomic E-state index is 11.2. The van der Waals surface area contributed by atoms with Gasteiger partial charge in [0, 0.05) is 13.1 Å². The molecule has 13 heavy (non-hydrogen) atoms. The Morgan fingerprint density at radius 1 is 1.38 bits per heavy atom. The minimum Gasteiger partial charge on any atom is -0.333 e. The summed E-state index contributed by atoms with van der Waals surface area (Å²) in [5.41, 5.74) is 3.09. The number of carbonyl (C=O) groups is 3. The topological polar surface area (TPSA) is 85.3 Å². The van der Waals surface area contributed by atoms with Gasteiger partial charge in [-0.1, -0.05) is 0 Å². The Balaban J connectivity index is 2.76. The molecule has 0 atom stereocenters. The third-order valence-electron chi connectivity index (χ3n) is 1.99. The molecule has 0 aromatic rings. The summed E-state index contributed by atoms with van der Waals surface area (Å²) >= 11 is 0. The van der Waals surface area contributed by atoms with Gasteiger partial charge in [-0.2, -0.15) is 0 Å². The van der Waals surface area contributed by atoms with Crippen LogP contribution in [0.1, 0.15) is 6.92 Å². The molecule has 4 amide bonds. The number of quaternary nitrogens is 1. The van der Waals surface area contributed by atoms with Crippen molar-refractivity contribution in [1.29, 1.82) is 0 Å². The average Bonchev–Trinajstić information content (AvgIpc) is 2.09. The minimum atomic E-state index is -0.770. The van der Waals surface area contributed by atoms with Gasteiger partial charge >= 0.3 is 17.8 Å². The van der Waals surface area contributed by atoms with Gasteiger partial charge in [-0.05, 0) is 6.92 Å². The van der Waals surface area contributed by atoms with E-state index in [0.717, 1.165) is 4.90 Å². The van der Waals surface area contributed by atoms with Crippen LogP contribution in [-0.4, -0.2) is 47.3 Å². The third kappa shape index (κ3) is 1.67. The highest BCUT2D eigenvalue weighted by Gasteiger charge is 2.35. The van der Waals surface area contributed by atoms with Crippen molar-refractivity contribution in [2.24, 2.45) is 0 Å². The second kappa shape index (κ2) is 3.53. The monoisotopic (exact) mass is 186 g/mol. The molecule has 0 bridgehead atoms. The summed E-state index contributed by atoms with van der Waals surface area (Å²) in [6.45, 7) is 2.93. The van der Waals surface area contributed by atoms with Gasteiger partial charge in [-0.3, -0.25) is 15.3 Å². The molecule has 0 unspecified atom stereocenters. The highest BCUT2D eigenvalue weighted by atomic mass is 16.2. The van der Waals surface area contributed by atoms with Crippen molar-refractivity contribution in [3.8, 4) is 0 Å². The number of nitrogens with zero attached hydrogens (tertiary/aromatic N) is 2. The van der Waals surface area contributed by atoms with Crippen molar-refractivity contribution in [3.05, 3.63) is 0 Å². The number of imide groups is 1. The number of hydrogen-bond acceptors (Lipinski definition) is 3. The molecule has 1 fully saturated rings. The molecule has 1 saturated heterocycles. The lowest BCUT2D eigenvalue weighted by Crippen LogP contribution is -2.69. The summed E-state index contributed by atoms with van der Waals surface area (Å²) in [6, 6.07) is -0.617. The lowest BCUT2D eigenvalue weighted by atomic mass is 10.3. The van der Waals surface area contributed by atoms with Gasteiger partial charge in [0.05, 0.1) is 6.54 Å². The van der Waals surface area contributed by atoms with E-state index in [2.05, 4.69) is 5.73 Å². The first-order chi connectivity index (χ1) is 6.07. The van der Waals surface area contributed by atoms with Crippen molar-refractivity contribution in [3.63, 3.8) is 0 Å². The first kappa shape index (κ1) is 9.66. The zero-order valence-electron chi connectivity index (χ0n) is 7.45. The van der Waals surface area contributed by atoms with Crippen LogP contribution in [0.4, 0.5) is 4.79 Å². The van der Waals surface area contributed by atoms with E-state index in [0.29, 0.717) is 13.1 Å². The van der Waals surface area contributed by atoms with Crippen molar-refractivity contribution in [2.75, 3.05) is 19.6 Å². The Bertz CT molecular complexity index is 264. The number of likely N-dealkylation sites (N-methyl/N-ethyl adjacent to an activating group) is 1. The van der Waals surface area contributed by atoms with Gasteiger partial charge in [0.1, 0.15) is 0 Å². The normalized spacial score (nSPS) is 18.0. The fourth-order valence-electron chi connectivity index (χ4n) is 1.21. The predicted molar refractivity (Wildman–Crippen MR) is 42.3 cm³/mol. The van der Waals surface area contributed by atoms with Crippen LogP contribution in [0.5, 0.6) is 0 Å². The number of rotatable bonds is 1. The van der Waals surface area contributed by atoms with Crippen LogP contribution in [0.15, 0.2) is 0 Å². The molecule has 0 saturated carbocycles. The molecular weight excluding hydrogens is 174 g/mol. The Morgan fingerprint density at radius 3 is 2.46 bits per heavy atom. The van der Waals surface area contributed by atoms with Crippen LogP contribution in [0, 0.1) is 0 Å². The van der Waals surface area contributed by atoms with Crippen molar-refractivity contribution in [2.45, 2.75) is 6.92 Å². The molecule has 1 aliphatic heterocycles. The van der Waals surface area contributed by atoms with E-state index in [4.69, 9.17) is 0 Å². The maximum Gasteiger partial charge on any atom is 0.421 e. The number of urea groups is 1. The maximum atomic E-state index is 11.2. The summed E-state index contributed by atoms with van der Waals surface area (Å²) < 4.78 is 0. The van der Waals surface area contributed by atoms with Crippen LogP contribution in [0.2, 0.25) is 0 Å². The Labute approximate surface area is 75.3 Å². The lowest BCUT2D eigenvalue weighted by molar-refractivity contribution is -0.264. The summed E-state index contributed by atoms with van der Waals surface area (Å²) in [5.74, 6) is -1.39. The van der Waals surface area contributed by atoms with Gasteiger partial charge in [-0.25, -0.2) is 9.69 Å². The van der Waals surface area contributed by atoms with Crippen LogP contribution in [0.3, 0.4) is 0 Å². The number of hydrogen-bond donors (Lipinski definition) is 1. The average molecular weight is 186 g/mol. The van der Waals surface area contributed by atoms with Gasteiger partial charge in [0.25, 0.3) is 0 Å². The molecule has 0 spiro atoms. The quantitative estimate of drug-likeness (QED) is 0.482. The summed E-state index contributed by atoms with van der Waals surface area (Å²) in [5, 5.41) is 0. The second-order valence-electron chi connectivity index (χ2n) is 2.74. The summed E-state index contributed by atoms with van der Waals surface area (Å²) in [7, 11) is 0. The molecule has 0 radical (unpaired) electrons. The van der Waals surface area contributed by atoms with E-state index < -0.39 is 17.8 Å². The molecular formula is C7H12N3O3+. The predicted octanol–water partition coefficient (Wildman–Crippen LogP) is -1.96. The smallest absolute Gasteiger partial charge is 0.333 e. The first-order valence-corrected chi connectivity index (χ1v) is 4.04. The van der Waals surface area contributed by atoms with Crippen LogP contribution < -0.4 is 5.73 Å². The van der Waals surface area contributed by atoms with E-state index in [-0.39, 0.29) is 6.54 Å². The van der Waals surface area contributed by atoms with Crippen LogP contribution in [0.25, 0.3) is 0 Å². The van der Waals surface area contributed by atoms with Crippen LogP contribution >= 0.6 is 0 Å². The Morgan fingerprint density at radius 2 is 2.00 bits per heavy atom. The van der Waals surface area contributed by atoms with E-state index in [1.807, 2.05) is 0 Å². The van der Waals surface area contributed by atoms with E-state index >= 15 is 0 Å². The Hall–Kier alpha value is -1.43. The molecule has 6 heteroatoms. The number of amides is 4. The highest BCUT2D eigenvalue weighted by molar-refractivity contribution is 6.37. The highest BCUT2D eigenvalue weighted by Crippen LogP contribution is 2.03. The molecule has 1 heterocycles. The summed E-state index contributed by atoms with van der Waals surface area (Å²) in [4.78, 5) is 35.5. The fourth-order valence-corrected chi connectivity index (χ4v) is 1.21. The lowest BCUT2D eigenvalue weighted by Gasteiger charge is -2.29. The van der Waals surface area contributed by atoms with Crippen molar-refractivity contribution < 1.29 is 20.1 Å². The van der Waals surface area contributed by atoms with Crippen molar-refractivity contribution in [1.82, 2.24) is 9.80 Å². The molecule has 0 aromatic heterocycles. The zero-order valence-corrected chi connectivity index (χ0v) is 7.45. The molecule has 0 aliphatic carbocycles. The standard InChI is InChI=1S/C7H11N3O3/c1-2-9-3-4-10(7(8)13)6(12)5(9)11/h2-4H2,1H3,(H2,8,13)/p+1. The Kier molecular flexibility index (Phi) is 2.62. The van der Waals surface area contributed by atoms with E-state index in [1.54, 1.807) is 6.92 Å². The van der Waals surface area contributed by atoms with Gasteiger partial charge in [-0.15, -0.1) is 0 Å². The SMILES string of the molecule is CCN1CCN(C([NH3+])=O)C(=O)C1=O. The number of piperazine rings is 1. The molecule has 0 aromatic carbocycles. The van der Waals surface area contributed by atoms with Gasteiger partial charge in [0.15, 0.2) is 0 Å². The van der Waals surface area contributed by atoms with Gasteiger partial charge < -0.3 is 4.90 Å². The molecule has 1 rings (SSSR count). The molecule has 1 aliphatic rings. The second-order valence-corrected chi connectivity index (χ2v) is 2.74. The van der Waals surface area contributed by atoms with Gasteiger partial charge in [0.2, 0.25) is 0 Å². The van der Waals surface area contributed by atoms with Crippen LogP contribution in [-0.2, 0) is 9.59 Å². The molecule has 6 nitrogen and oxygen atoms in total. The zero-order chi connectivity index (χ0) is 10.0. The van der Waals surface area contributed by atoms with E-state index in [1.165, 1.54) is 4.90 Å². The third-order valence-corrected chi connectivity index (χ3v) is 1.99.